The van der Waals surface area contributed by atoms with Crippen molar-refractivity contribution in [3.05, 3.63) is 61.3 Å². The van der Waals surface area contributed by atoms with Crippen LogP contribution in [0.4, 0.5) is 0 Å². The number of H-pyrrole nitrogens is 1. The molecular weight excluding hydrogens is 222 g/mol. The van der Waals surface area contributed by atoms with E-state index in [4.69, 9.17) is 4.42 Å². The summed E-state index contributed by atoms with van der Waals surface area (Å²) in [7, 11) is 0. The number of hydrogen-bond acceptors (Lipinski definition) is 1. The fourth-order valence-electron chi connectivity index (χ4n) is 2.55. The predicted molar refractivity (Wildman–Crippen MR) is 73.5 cm³/mol. The average Bonchev–Trinajstić information content (AvgIpc) is 3.06. The van der Waals surface area contributed by atoms with E-state index in [0.717, 1.165) is 10.8 Å². The molecule has 0 spiro atoms. The van der Waals surface area contributed by atoms with Crippen LogP contribution in [-0.2, 0) is 0 Å². The van der Waals surface area contributed by atoms with Gasteiger partial charge in [0.05, 0.1) is 12.5 Å². The standard InChI is InChI=1S/C16H11NO/c1-3-11-7-17-8-15(11)13(5-1)14-6-2-4-12-9-18-10-16(12)14/h1-10,17H. The molecule has 0 saturated carbocycles. The molecule has 0 fully saturated rings. The predicted octanol–water partition coefficient (Wildman–Crippen LogP) is 4.58. The Morgan fingerprint density at radius 2 is 1.50 bits per heavy atom. The van der Waals surface area contributed by atoms with Crippen molar-refractivity contribution < 1.29 is 4.42 Å². The van der Waals surface area contributed by atoms with Crippen LogP contribution in [0.15, 0.2) is 65.7 Å². The summed E-state index contributed by atoms with van der Waals surface area (Å²) >= 11 is 0. The second-order valence-electron chi connectivity index (χ2n) is 4.44. The minimum atomic E-state index is 1.14. The van der Waals surface area contributed by atoms with E-state index in [9.17, 15) is 0 Å². The number of aromatic amines is 1. The fourth-order valence-corrected chi connectivity index (χ4v) is 2.55. The van der Waals surface area contributed by atoms with Gasteiger partial charge >= 0.3 is 0 Å². The van der Waals surface area contributed by atoms with Gasteiger partial charge in [0, 0.05) is 28.6 Å². The van der Waals surface area contributed by atoms with Gasteiger partial charge in [0.25, 0.3) is 0 Å². The summed E-state index contributed by atoms with van der Waals surface area (Å²) in [5, 5.41) is 4.77. The van der Waals surface area contributed by atoms with Crippen molar-refractivity contribution in [1.82, 2.24) is 4.98 Å². The van der Waals surface area contributed by atoms with Crippen molar-refractivity contribution >= 4 is 21.5 Å². The number of nitrogens with one attached hydrogen (secondary N) is 1. The third-order valence-electron chi connectivity index (χ3n) is 3.42. The lowest BCUT2D eigenvalue weighted by Gasteiger charge is -2.04. The number of fused-ring (bicyclic) bond motifs is 2. The molecule has 2 nitrogen and oxygen atoms in total. The van der Waals surface area contributed by atoms with E-state index in [1.165, 1.54) is 21.9 Å². The van der Waals surface area contributed by atoms with Gasteiger partial charge in [-0.05, 0) is 16.5 Å². The average molecular weight is 233 g/mol. The Morgan fingerprint density at radius 1 is 0.722 bits per heavy atom. The van der Waals surface area contributed by atoms with Crippen LogP contribution in [0.5, 0.6) is 0 Å². The van der Waals surface area contributed by atoms with Crippen LogP contribution < -0.4 is 0 Å². The molecule has 1 N–H and O–H groups in total. The van der Waals surface area contributed by atoms with Gasteiger partial charge < -0.3 is 9.40 Å². The van der Waals surface area contributed by atoms with Gasteiger partial charge in [0.15, 0.2) is 0 Å². The smallest absolute Gasteiger partial charge is 0.0987 e. The molecule has 2 aromatic heterocycles. The Morgan fingerprint density at radius 3 is 2.39 bits per heavy atom. The summed E-state index contributed by atoms with van der Waals surface area (Å²) in [6.07, 6.45) is 7.67. The zero-order chi connectivity index (χ0) is 11.9. The summed E-state index contributed by atoms with van der Waals surface area (Å²) in [6.45, 7) is 0. The van der Waals surface area contributed by atoms with Crippen molar-refractivity contribution in [2.75, 3.05) is 0 Å². The molecule has 0 saturated heterocycles. The molecule has 0 unspecified atom stereocenters. The fraction of sp³-hybridized carbons (Fsp3) is 0. The first-order valence-electron chi connectivity index (χ1n) is 5.94. The van der Waals surface area contributed by atoms with Crippen molar-refractivity contribution in [3.63, 3.8) is 0 Å². The van der Waals surface area contributed by atoms with Gasteiger partial charge in [0.2, 0.25) is 0 Å². The maximum absolute atomic E-state index is 5.31. The highest BCUT2D eigenvalue weighted by Crippen LogP contribution is 2.33. The lowest BCUT2D eigenvalue weighted by molar-refractivity contribution is 0.572. The van der Waals surface area contributed by atoms with Crippen LogP contribution in [0.1, 0.15) is 0 Å². The third-order valence-corrected chi connectivity index (χ3v) is 3.42. The Labute approximate surface area is 104 Å². The molecule has 4 rings (SSSR count). The largest absolute Gasteiger partial charge is 0.471 e. The molecule has 2 aromatic carbocycles. The Bertz CT molecular complexity index is 766. The lowest BCUT2D eigenvalue weighted by Crippen LogP contribution is -1.79. The zero-order valence-electron chi connectivity index (χ0n) is 9.68. The van der Waals surface area contributed by atoms with E-state index in [1.807, 2.05) is 18.7 Å². The van der Waals surface area contributed by atoms with E-state index in [2.05, 4.69) is 41.4 Å². The van der Waals surface area contributed by atoms with E-state index in [1.54, 1.807) is 6.26 Å². The Kier molecular flexibility index (Phi) is 1.86. The summed E-state index contributed by atoms with van der Waals surface area (Å²) in [6, 6.07) is 12.6. The first-order valence-corrected chi connectivity index (χ1v) is 5.94. The van der Waals surface area contributed by atoms with E-state index >= 15 is 0 Å². The summed E-state index contributed by atoms with van der Waals surface area (Å²) < 4.78 is 5.31. The molecule has 0 bridgehead atoms. The minimum Gasteiger partial charge on any atom is -0.471 e. The molecular formula is C16H11NO. The highest BCUT2D eigenvalue weighted by Gasteiger charge is 2.08. The van der Waals surface area contributed by atoms with E-state index in [-0.39, 0.29) is 0 Å². The number of rotatable bonds is 1. The van der Waals surface area contributed by atoms with Crippen LogP contribution in [0.2, 0.25) is 0 Å². The lowest BCUT2D eigenvalue weighted by atomic mass is 9.98. The van der Waals surface area contributed by atoms with E-state index < -0.39 is 0 Å². The first kappa shape index (κ1) is 9.54. The molecule has 0 aliphatic carbocycles. The number of hydrogen-bond donors (Lipinski definition) is 1. The van der Waals surface area contributed by atoms with E-state index in [0.29, 0.717) is 0 Å². The maximum Gasteiger partial charge on any atom is 0.0987 e. The molecule has 4 aromatic rings. The van der Waals surface area contributed by atoms with Gasteiger partial charge in [-0.15, -0.1) is 0 Å². The van der Waals surface area contributed by atoms with Crippen LogP contribution in [-0.4, -0.2) is 4.98 Å². The van der Waals surface area contributed by atoms with Gasteiger partial charge in [0.1, 0.15) is 0 Å². The summed E-state index contributed by atoms with van der Waals surface area (Å²) in [5.41, 5.74) is 2.45. The molecule has 0 radical (unpaired) electrons. The van der Waals surface area contributed by atoms with Gasteiger partial charge in [-0.2, -0.15) is 0 Å². The maximum atomic E-state index is 5.31. The molecule has 0 aliphatic rings. The van der Waals surface area contributed by atoms with Crippen LogP contribution >= 0.6 is 0 Å². The first-order chi connectivity index (χ1) is 8.93. The molecule has 0 atom stereocenters. The second-order valence-corrected chi connectivity index (χ2v) is 4.44. The number of benzene rings is 2. The third kappa shape index (κ3) is 1.23. The monoisotopic (exact) mass is 233 g/mol. The molecule has 2 heteroatoms. The molecule has 2 heterocycles. The van der Waals surface area contributed by atoms with Crippen molar-refractivity contribution in [2.24, 2.45) is 0 Å². The molecule has 0 amide bonds. The minimum absolute atomic E-state index is 1.14. The molecule has 86 valence electrons. The topological polar surface area (TPSA) is 28.9 Å². The van der Waals surface area contributed by atoms with Crippen molar-refractivity contribution in [1.29, 1.82) is 0 Å². The van der Waals surface area contributed by atoms with Crippen molar-refractivity contribution in [2.45, 2.75) is 0 Å². The van der Waals surface area contributed by atoms with Crippen molar-refractivity contribution in [3.8, 4) is 11.1 Å². The Hall–Kier alpha value is -2.48. The second kappa shape index (κ2) is 3.50. The van der Waals surface area contributed by atoms with Crippen LogP contribution in [0, 0.1) is 0 Å². The van der Waals surface area contributed by atoms with Gasteiger partial charge in [-0.3, -0.25) is 0 Å². The number of aromatic nitrogens is 1. The Balaban J connectivity index is 2.13. The molecule has 0 aliphatic heterocycles. The van der Waals surface area contributed by atoms with Gasteiger partial charge in [-0.1, -0.05) is 36.4 Å². The number of furan rings is 1. The quantitative estimate of drug-likeness (QED) is 0.512. The highest BCUT2D eigenvalue weighted by molar-refractivity contribution is 6.04. The SMILES string of the molecule is c1cc(-c2cccc3cocc23)c2c[nH]cc2c1. The summed E-state index contributed by atoms with van der Waals surface area (Å²) in [5.74, 6) is 0. The molecule has 18 heavy (non-hydrogen) atoms. The zero-order valence-corrected chi connectivity index (χ0v) is 9.68. The van der Waals surface area contributed by atoms with Crippen LogP contribution in [0.25, 0.3) is 32.7 Å². The van der Waals surface area contributed by atoms with Gasteiger partial charge in [-0.25, -0.2) is 0 Å². The highest BCUT2D eigenvalue weighted by atomic mass is 16.3. The summed E-state index contributed by atoms with van der Waals surface area (Å²) in [4.78, 5) is 3.17. The van der Waals surface area contributed by atoms with Crippen LogP contribution in [0.3, 0.4) is 0 Å². The normalized spacial score (nSPS) is 11.3.